The summed E-state index contributed by atoms with van der Waals surface area (Å²) in [5.41, 5.74) is 2.33. The van der Waals surface area contributed by atoms with Crippen molar-refractivity contribution in [2.75, 3.05) is 20.3 Å². The highest BCUT2D eigenvalue weighted by molar-refractivity contribution is 5.43. The molecule has 1 saturated heterocycles. The van der Waals surface area contributed by atoms with E-state index in [4.69, 9.17) is 14.2 Å². The van der Waals surface area contributed by atoms with Crippen LogP contribution in [0.5, 0.6) is 11.5 Å². The minimum atomic E-state index is 0.439. The molecule has 24 heavy (non-hydrogen) atoms. The van der Waals surface area contributed by atoms with Crippen LogP contribution in [0.1, 0.15) is 24.0 Å². The largest absolute Gasteiger partial charge is 0.493 e. The second kappa shape index (κ2) is 8.71. The Kier molecular flexibility index (Phi) is 6.10. The van der Waals surface area contributed by atoms with Gasteiger partial charge in [-0.3, -0.25) is 0 Å². The first kappa shape index (κ1) is 16.8. The number of benzene rings is 2. The Labute approximate surface area is 143 Å². The lowest BCUT2D eigenvalue weighted by Gasteiger charge is -2.23. The summed E-state index contributed by atoms with van der Waals surface area (Å²) in [5.74, 6) is 1.54. The van der Waals surface area contributed by atoms with E-state index in [-0.39, 0.29) is 0 Å². The van der Waals surface area contributed by atoms with Crippen LogP contribution in [0, 0.1) is 0 Å². The fourth-order valence-corrected chi connectivity index (χ4v) is 2.84. The molecule has 0 radical (unpaired) electrons. The zero-order valence-corrected chi connectivity index (χ0v) is 14.2. The predicted molar refractivity (Wildman–Crippen MR) is 94.4 cm³/mol. The van der Waals surface area contributed by atoms with E-state index in [1.165, 1.54) is 12.0 Å². The molecule has 0 spiro atoms. The molecule has 4 heteroatoms. The minimum absolute atomic E-state index is 0.439. The summed E-state index contributed by atoms with van der Waals surface area (Å²) < 4.78 is 16.9. The Balaban J connectivity index is 1.61. The van der Waals surface area contributed by atoms with Crippen LogP contribution in [-0.2, 0) is 17.9 Å². The first-order valence-electron chi connectivity index (χ1n) is 8.50. The van der Waals surface area contributed by atoms with Gasteiger partial charge in [0, 0.05) is 19.2 Å². The average Bonchev–Trinajstić information content (AvgIpc) is 2.66. The van der Waals surface area contributed by atoms with Gasteiger partial charge >= 0.3 is 0 Å². The van der Waals surface area contributed by atoms with Gasteiger partial charge in [0.15, 0.2) is 11.5 Å². The maximum absolute atomic E-state index is 5.97. The molecular formula is C20H25NO3. The summed E-state index contributed by atoms with van der Waals surface area (Å²) in [5, 5.41) is 3.55. The van der Waals surface area contributed by atoms with Crippen molar-refractivity contribution in [1.29, 1.82) is 0 Å². The van der Waals surface area contributed by atoms with Crippen molar-refractivity contribution in [3.63, 3.8) is 0 Å². The molecule has 4 nitrogen and oxygen atoms in total. The standard InChI is InChI=1S/C20H25NO3/c1-22-19-10-9-17(13-21-18-8-5-11-23-15-18)12-20(19)24-14-16-6-3-2-4-7-16/h2-4,6-7,9-10,12,18,21H,5,8,11,13-15H2,1H3. The van der Waals surface area contributed by atoms with Gasteiger partial charge in [0.05, 0.1) is 13.7 Å². The van der Waals surface area contributed by atoms with Crippen molar-refractivity contribution in [1.82, 2.24) is 5.32 Å². The number of nitrogens with one attached hydrogen (secondary N) is 1. The van der Waals surface area contributed by atoms with Crippen molar-refractivity contribution in [2.45, 2.75) is 32.0 Å². The lowest BCUT2D eigenvalue weighted by molar-refractivity contribution is 0.0699. The van der Waals surface area contributed by atoms with Gasteiger partial charge in [0.25, 0.3) is 0 Å². The van der Waals surface area contributed by atoms with Crippen LogP contribution >= 0.6 is 0 Å². The maximum atomic E-state index is 5.97. The molecule has 0 aliphatic carbocycles. The third-order valence-electron chi connectivity index (χ3n) is 4.22. The van der Waals surface area contributed by atoms with Gasteiger partial charge < -0.3 is 19.5 Å². The lowest BCUT2D eigenvalue weighted by atomic mass is 10.1. The third kappa shape index (κ3) is 4.73. The predicted octanol–water partition coefficient (Wildman–Crippen LogP) is 3.54. The van der Waals surface area contributed by atoms with E-state index in [1.54, 1.807) is 7.11 Å². The topological polar surface area (TPSA) is 39.7 Å². The molecule has 2 aromatic carbocycles. The Bertz CT molecular complexity index is 624. The first-order chi connectivity index (χ1) is 11.8. The van der Waals surface area contributed by atoms with Gasteiger partial charge in [-0.15, -0.1) is 0 Å². The molecular weight excluding hydrogens is 302 g/mol. The highest BCUT2D eigenvalue weighted by Gasteiger charge is 2.13. The normalized spacial score (nSPS) is 17.5. The van der Waals surface area contributed by atoms with Crippen molar-refractivity contribution in [3.8, 4) is 11.5 Å². The van der Waals surface area contributed by atoms with Crippen LogP contribution in [0.2, 0.25) is 0 Å². The fourth-order valence-electron chi connectivity index (χ4n) is 2.84. The molecule has 1 atom stereocenters. The average molecular weight is 327 g/mol. The molecule has 0 saturated carbocycles. The molecule has 128 valence electrons. The molecule has 1 fully saturated rings. The fraction of sp³-hybridized carbons (Fsp3) is 0.400. The second-order valence-corrected chi connectivity index (χ2v) is 6.05. The van der Waals surface area contributed by atoms with Gasteiger partial charge in [0.1, 0.15) is 6.61 Å². The molecule has 1 unspecified atom stereocenters. The third-order valence-corrected chi connectivity index (χ3v) is 4.22. The van der Waals surface area contributed by atoms with Gasteiger partial charge in [-0.1, -0.05) is 36.4 Å². The van der Waals surface area contributed by atoms with Crippen molar-refractivity contribution >= 4 is 0 Å². The number of ether oxygens (including phenoxy) is 3. The van der Waals surface area contributed by atoms with E-state index in [0.29, 0.717) is 12.6 Å². The van der Waals surface area contributed by atoms with Crippen LogP contribution < -0.4 is 14.8 Å². The van der Waals surface area contributed by atoms with Gasteiger partial charge in [0.2, 0.25) is 0 Å². The lowest BCUT2D eigenvalue weighted by Crippen LogP contribution is -2.36. The molecule has 0 bridgehead atoms. The Morgan fingerprint density at radius 1 is 1.08 bits per heavy atom. The smallest absolute Gasteiger partial charge is 0.161 e. The van der Waals surface area contributed by atoms with E-state index in [1.807, 2.05) is 24.3 Å². The van der Waals surface area contributed by atoms with Crippen molar-refractivity contribution in [2.24, 2.45) is 0 Å². The van der Waals surface area contributed by atoms with Crippen molar-refractivity contribution in [3.05, 3.63) is 59.7 Å². The monoisotopic (exact) mass is 327 g/mol. The van der Waals surface area contributed by atoms with E-state index >= 15 is 0 Å². The summed E-state index contributed by atoms with van der Waals surface area (Å²) in [7, 11) is 1.67. The highest BCUT2D eigenvalue weighted by Crippen LogP contribution is 2.29. The Morgan fingerprint density at radius 3 is 2.71 bits per heavy atom. The first-order valence-corrected chi connectivity index (χ1v) is 8.50. The quantitative estimate of drug-likeness (QED) is 0.844. The molecule has 1 N–H and O–H groups in total. The SMILES string of the molecule is COc1ccc(CNC2CCCOC2)cc1OCc1ccccc1. The second-order valence-electron chi connectivity index (χ2n) is 6.05. The van der Waals surface area contributed by atoms with Crippen LogP contribution in [0.3, 0.4) is 0 Å². The van der Waals surface area contributed by atoms with Gasteiger partial charge in [-0.2, -0.15) is 0 Å². The van der Waals surface area contributed by atoms with Crippen LogP contribution in [0.15, 0.2) is 48.5 Å². The highest BCUT2D eigenvalue weighted by atomic mass is 16.5. The van der Waals surface area contributed by atoms with Crippen molar-refractivity contribution < 1.29 is 14.2 Å². The number of hydrogen-bond donors (Lipinski definition) is 1. The Morgan fingerprint density at radius 2 is 1.96 bits per heavy atom. The summed E-state index contributed by atoms with van der Waals surface area (Å²) in [6, 6.07) is 16.7. The molecule has 1 heterocycles. The van der Waals surface area contributed by atoms with Gasteiger partial charge in [-0.05, 0) is 36.1 Å². The van der Waals surface area contributed by atoms with E-state index in [0.717, 1.165) is 43.2 Å². The maximum Gasteiger partial charge on any atom is 0.161 e. The minimum Gasteiger partial charge on any atom is -0.493 e. The molecule has 3 rings (SSSR count). The summed E-state index contributed by atoms with van der Waals surface area (Å²) >= 11 is 0. The van der Waals surface area contributed by atoms with Crippen LogP contribution in [-0.4, -0.2) is 26.4 Å². The molecule has 1 aliphatic heterocycles. The molecule has 1 aliphatic rings. The zero-order chi connectivity index (χ0) is 16.6. The number of methoxy groups -OCH3 is 1. The van der Waals surface area contributed by atoms with E-state index in [9.17, 15) is 0 Å². The van der Waals surface area contributed by atoms with Crippen LogP contribution in [0.25, 0.3) is 0 Å². The summed E-state index contributed by atoms with van der Waals surface area (Å²) in [4.78, 5) is 0. The van der Waals surface area contributed by atoms with Gasteiger partial charge in [-0.25, -0.2) is 0 Å². The molecule has 2 aromatic rings. The Hall–Kier alpha value is -2.04. The number of rotatable bonds is 7. The van der Waals surface area contributed by atoms with E-state index in [2.05, 4.69) is 29.6 Å². The summed E-state index contributed by atoms with van der Waals surface area (Å²) in [6.07, 6.45) is 2.30. The molecule has 0 aromatic heterocycles. The van der Waals surface area contributed by atoms with Crippen LogP contribution in [0.4, 0.5) is 0 Å². The number of hydrogen-bond acceptors (Lipinski definition) is 4. The zero-order valence-electron chi connectivity index (χ0n) is 14.2. The molecule has 0 amide bonds. The summed E-state index contributed by atoms with van der Waals surface area (Å²) in [6.45, 7) is 3.02. The van der Waals surface area contributed by atoms with E-state index < -0.39 is 0 Å².